The molecule has 0 bridgehead atoms. The first-order valence-electron chi connectivity index (χ1n) is 7.73. The number of nitrogens with one attached hydrogen (secondary N) is 1. The summed E-state index contributed by atoms with van der Waals surface area (Å²) in [7, 11) is 0. The van der Waals surface area contributed by atoms with Crippen LogP contribution in [0.5, 0.6) is 0 Å². The zero-order valence-corrected chi connectivity index (χ0v) is 13.1. The molecule has 0 radical (unpaired) electrons. The molecule has 0 spiro atoms. The molecule has 0 saturated heterocycles. The van der Waals surface area contributed by atoms with Gasteiger partial charge >= 0.3 is 5.97 Å². The number of aromatic amines is 1. The monoisotopic (exact) mass is 332 g/mol. The van der Waals surface area contributed by atoms with Gasteiger partial charge in [-0.1, -0.05) is 6.92 Å². The third-order valence-corrected chi connectivity index (χ3v) is 4.18. The van der Waals surface area contributed by atoms with Gasteiger partial charge in [0.1, 0.15) is 5.82 Å². The van der Waals surface area contributed by atoms with Crippen molar-refractivity contribution in [2.24, 2.45) is 5.92 Å². The lowest BCUT2D eigenvalue weighted by Gasteiger charge is -2.25. The first-order chi connectivity index (χ1) is 11.4. The average molecular weight is 332 g/mol. The Labute approximate surface area is 136 Å². The van der Waals surface area contributed by atoms with Gasteiger partial charge in [-0.05, 0) is 31.0 Å². The number of H-pyrrole nitrogens is 1. The van der Waals surface area contributed by atoms with Crippen LogP contribution in [0.3, 0.4) is 0 Å². The number of carboxylic acids is 1. The second-order valence-electron chi connectivity index (χ2n) is 6.17. The molecule has 1 aromatic heterocycles. The van der Waals surface area contributed by atoms with E-state index in [1.54, 1.807) is 0 Å². The fraction of sp³-hybridized carbons (Fsp3) is 0.353. The maximum absolute atomic E-state index is 13.4. The summed E-state index contributed by atoms with van der Waals surface area (Å²) in [6.45, 7) is 1.62. The molecule has 1 atom stereocenters. The normalized spacial score (nSPS) is 15.2. The minimum atomic E-state index is -0.980. The maximum atomic E-state index is 13.4. The molecule has 1 fully saturated rings. The van der Waals surface area contributed by atoms with Crippen molar-refractivity contribution in [1.82, 2.24) is 9.88 Å². The Kier molecular flexibility index (Phi) is 4.09. The molecule has 126 valence electrons. The van der Waals surface area contributed by atoms with Crippen LogP contribution in [0.25, 0.3) is 10.9 Å². The van der Waals surface area contributed by atoms with Gasteiger partial charge in [0.05, 0.1) is 17.0 Å². The van der Waals surface area contributed by atoms with Gasteiger partial charge in [0, 0.05) is 24.0 Å². The zero-order valence-electron chi connectivity index (χ0n) is 13.1. The lowest BCUT2D eigenvalue weighted by atomic mass is 10.1. The number of fused-ring (bicyclic) bond motifs is 1. The largest absolute Gasteiger partial charge is 0.481 e. The summed E-state index contributed by atoms with van der Waals surface area (Å²) in [6, 6.07) is 5.00. The topological polar surface area (TPSA) is 90.5 Å². The van der Waals surface area contributed by atoms with Crippen molar-refractivity contribution in [3.63, 3.8) is 0 Å². The van der Waals surface area contributed by atoms with Crippen molar-refractivity contribution in [3.8, 4) is 0 Å². The van der Waals surface area contributed by atoms with Crippen molar-refractivity contribution in [2.75, 3.05) is 6.54 Å². The van der Waals surface area contributed by atoms with Crippen LogP contribution in [0.1, 0.15) is 30.1 Å². The number of carbonyl (C=O) groups excluding carboxylic acids is 1. The molecule has 1 aliphatic rings. The predicted molar refractivity (Wildman–Crippen MR) is 85.4 cm³/mol. The highest BCUT2D eigenvalue weighted by atomic mass is 19.1. The fourth-order valence-corrected chi connectivity index (χ4v) is 2.72. The van der Waals surface area contributed by atoms with Gasteiger partial charge in [0.2, 0.25) is 5.56 Å². The van der Waals surface area contributed by atoms with E-state index < -0.39 is 29.2 Å². The van der Waals surface area contributed by atoms with E-state index in [0.717, 1.165) is 18.9 Å². The molecule has 6 nitrogen and oxygen atoms in total. The second kappa shape index (κ2) is 6.07. The first-order valence-corrected chi connectivity index (χ1v) is 7.73. The number of aliphatic carboxylic acids is 1. The smallest absolute Gasteiger partial charge is 0.308 e. The Morgan fingerprint density at radius 2 is 2.08 bits per heavy atom. The highest BCUT2D eigenvalue weighted by Gasteiger charge is 2.35. The zero-order chi connectivity index (χ0) is 17.4. The molecule has 1 unspecified atom stereocenters. The van der Waals surface area contributed by atoms with Crippen LogP contribution in [0, 0.1) is 11.7 Å². The van der Waals surface area contributed by atoms with Crippen molar-refractivity contribution in [2.45, 2.75) is 25.8 Å². The van der Waals surface area contributed by atoms with Gasteiger partial charge in [-0.25, -0.2) is 4.39 Å². The Balaban J connectivity index is 2.03. The van der Waals surface area contributed by atoms with Crippen LogP contribution in [0.4, 0.5) is 4.39 Å². The highest BCUT2D eigenvalue weighted by Crippen LogP contribution is 2.30. The van der Waals surface area contributed by atoms with Crippen LogP contribution in [0.2, 0.25) is 0 Å². The average Bonchev–Trinajstić information content (AvgIpc) is 3.35. The highest BCUT2D eigenvalue weighted by molar-refractivity contribution is 6.06. The quantitative estimate of drug-likeness (QED) is 0.876. The number of amides is 1. The van der Waals surface area contributed by atoms with E-state index in [9.17, 15) is 18.8 Å². The van der Waals surface area contributed by atoms with Crippen LogP contribution in [-0.2, 0) is 4.79 Å². The lowest BCUT2D eigenvalue weighted by molar-refractivity contribution is -0.141. The molecular weight excluding hydrogens is 315 g/mol. The number of carbonyl (C=O) groups is 2. The van der Waals surface area contributed by atoms with E-state index in [1.807, 2.05) is 0 Å². The minimum Gasteiger partial charge on any atom is -0.481 e. The van der Waals surface area contributed by atoms with Crippen LogP contribution >= 0.6 is 0 Å². The van der Waals surface area contributed by atoms with Gasteiger partial charge < -0.3 is 15.0 Å². The summed E-state index contributed by atoms with van der Waals surface area (Å²) in [5.41, 5.74) is -0.0930. The maximum Gasteiger partial charge on any atom is 0.308 e. The summed E-state index contributed by atoms with van der Waals surface area (Å²) in [4.78, 5) is 39.9. The number of rotatable bonds is 5. The SMILES string of the molecule is CC(CN(C(=O)c1cc(=O)[nH]c2cc(F)ccc12)C1CC1)C(=O)O. The number of hydrogen-bond acceptors (Lipinski definition) is 3. The predicted octanol–water partition coefficient (Wildman–Crippen LogP) is 1.99. The van der Waals surface area contributed by atoms with Crippen molar-refractivity contribution in [1.29, 1.82) is 0 Å². The lowest BCUT2D eigenvalue weighted by Crippen LogP contribution is -2.39. The standard InChI is InChI=1S/C17H17FN2O4/c1-9(17(23)24)8-20(11-3-4-11)16(22)13-7-15(21)19-14-6-10(18)2-5-12(13)14/h2,5-7,9,11H,3-4,8H2,1H3,(H,19,21)(H,23,24). The molecule has 2 N–H and O–H groups in total. The molecule has 1 amide bonds. The van der Waals surface area contributed by atoms with Gasteiger partial charge in [-0.3, -0.25) is 14.4 Å². The van der Waals surface area contributed by atoms with Crippen molar-refractivity contribution in [3.05, 3.63) is 46.0 Å². The second-order valence-corrected chi connectivity index (χ2v) is 6.17. The summed E-state index contributed by atoms with van der Waals surface area (Å²) < 4.78 is 13.4. The third kappa shape index (κ3) is 3.15. The van der Waals surface area contributed by atoms with Crippen LogP contribution in [0.15, 0.2) is 29.1 Å². The Hall–Kier alpha value is -2.70. The van der Waals surface area contributed by atoms with E-state index in [2.05, 4.69) is 4.98 Å². The summed E-state index contributed by atoms with van der Waals surface area (Å²) in [5, 5.41) is 9.54. The van der Waals surface area contributed by atoms with E-state index in [4.69, 9.17) is 5.11 Å². The molecular formula is C17H17FN2O4. The molecule has 0 aliphatic heterocycles. The Morgan fingerprint density at radius 3 is 2.71 bits per heavy atom. The number of hydrogen-bond donors (Lipinski definition) is 2. The van der Waals surface area contributed by atoms with E-state index >= 15 is 0 Å². The third-order valence-electron chi connectivity index (χ3n) is 4.18. The number of halogens is 1. The van der Waals surface area contributed by atoms with E-state index in [0.29, 0.717) is 5.39 Å². The minimum absolute atomic E-state index is 0.00548. The van der Waals surface area contributed by atoms with E-state index in [1.165, 1.54) is 30.0 Å². The van der Waals surface area contributed by atoms with E-state index in [-0.39, 0.29) is 23.7 Å². The Morgan fingerprint density at radius 1 is 1.38 bits per heavy atom. The van der Waals surface area contributed by atoms with Gasteiger partial charge in [0.25, 0.3) is 5.91 Å². The van der Waals surface area contributed by atoms with Gasteiger partial charge in [-0.2, -0.15) is 0 Å². The summed E-state index contributed by atoms with van der Waals surface area (Å²) in [5.74, 6) is -2.60. The number of nitrogens with zero attached hydrogens (tertiary/aromatic N) is 1. The van der Waals surface area contributed by atoms with Crippen molar-refractivity contribution < 1.29 is 19.1 Å². The molecule has 1 heterocycles. The molecule has 1 aromatic carbocycles. The summed E-state index contributed by atoms with van der Waals surface area (Å²) >= 11 is 0. The number of pyridine rings is 1. The number of aromatic nitrogens is 1. The first kappa shape index (κ1) is 16.2. The van der Waals surface area contributed by atoms with Gasteiger partial charge in [-0.15, -0.1) is 0 Å². The molecule has 1 saturated carbocycles. The molecule has 24 heavy (non-hydrogen) atoms. The molecule has 3 rings (SSSR count). The fourth-order valence-electron chi connectivity index (χ4n) is 2.72. The van der Waals surface area contributed by atoms with Gasteiger partial charge in [0.15, 0.2) is 0 Å². The number of benzene rings is 1. The molecule has 2 aromatic rings. The number of carboxylic acid groups (broad SMARTS) is 1. The Bertz CT molecular complexity index is 873. The summed E-state index contributed by atoms with van der Waals surface area (Å²) in [6.07, 6.45) is 1.63. The van der Waals surface area contributed by atoms with Crippen LogP contribution in [-0.4, -0.2) is 39.5 Å². The molecule has 1 aliphatic carbocycles. The molecule has 7 heteroatoms. The van der Waals surface area contributed by atoms with Crippen LogP contribution < -0.4 is 5.56 Å². The van der Waals surface area contributed by atoms with Crippen molar-refractivity contribution >= 4 is 22.8 Å².